The third-order valence-electron chi connectivity index (χ3n) is 8.11. The number of likely N-dealkylation sites (N-methyl/N-ethyl adjacent to an activating group) is 1. The molecule has 8 heteroatoms. The molecule has 3 fully saturated rings. The standard InChI is InChI=1S/C27H37N5O3/c1-20(22-6-4-3-5-7-22)12-25(33)30-10-8-27(35,9-11-30)18-31-19-28-24(14-26(31)34)32-16-21-13-23(32)17-29(2)15-21/h3-7,14,19-21,23,35H,8-13,15-18H2,1-2H3/t20?,21-,23+/m0/s1. The Balaban J connectivity index is 1.17. The summed E-state index contributed by atoms with van der Waals surface area (Å²) in [4.78, 5) is 36.8. The lowest BCUT2D eigenvalue weighted by molar-refractivity contribution is -0.136. The number of carbonyl (C=O) groups excluding carboxylic acids is 1. The van der Waals surface area contributed by atoms with E-state index in [2.05, 4.69) is 40.9 Å². The minimum Gasteiger partial charge on any atom is -0.388 e. The van der Waals surface area contributed by atoms with Gasteiger partial charge in [0.25, 0.3) is 5.56 Å². The van der Waals surface area contributed by atoms with Gasteiger partial charge in [0, 0.05) is 51.3 Å². The van der Waals surface area contributed by atoms with Crippen molar-refractivity contribution in [3.63, 3.8) is 0 Å². The van der Waals surface area contributed by atoms with Gasteiger partial charge in [-0.3, -0.25) is 14.2 Å². The summed E-state index contributed by atoms with van der Waals surface area (Å²) in [5, 5.41) is 11.2. The Kier molecular flexibility index (Phi) is 6.68. The van der Waals surface area contributed by atoms with Gasteiger partial charge in [0.15, 0.2) is 0 Å². The summed E-state index contributed by atoms with van der Waals surface area (Å²) in [6.07, 6.45) is 4.11. The van der Waals surface area contributed by atoms with E-state index in [0.29, 0.717) is 44.3 Å². The van der Waals surface area contributed by atoms with Gasteiger partial charge >= 0.3 is 0 Å². The minimum absolute atomic E-state index is 0.119. The largest absolute Gasteiger partial charge is 0.388 e. The highest BCUT2D eigenvalue weighted by Crippen LogP contribution is 2.32. The summed E-state index contributed by atoms with van der Waals surface area (Å²) < 4.78 is 1.52. The number of hydrogen-bond acceptors (Lipinski definition) is 6. The minimum atomic E-state index is -1.01. The molecule has 8 nitrogen and oxygen atoms in total. The number of amides is 1. The number of hydrogen-bond donors (Lipinski definition) is 1. The van der Waals surface area contributed by atoms with E-state index >= 15 is 0 Å². The summed E-state index contributed by atoms with van der Waals surface area (Å²) in [6.45, 7) is 6.33. The highest BCUT2D eigenvalue weighted by molar-refractivity contribution is 5.77. The van der Waals surface area contributed by atoms with Gasteiger partial charge in [-0.15, -0.1) is 0 Å². The van der Waals surface area contributed by atoms with Gasteiger partial charge in [0.05, 0.1) is 18.5 Å². The number of carbonyl (C=O) groups is 1. The maximum atomic E-state index is 12.9. The van der Waals surface area contributed by atoms with Gasteiger partial charge < -0.3 is 19.8 Å². The molecule has 188 valence electrons. The zero-order chi connectivity index (χ0) is 24.6. The van der Waals surface area contributed by atoms with E-state index in [4.69, 9.17) is 0 Å². The number of aromatic nitrogens is 2. The zero-order valence-corrected chi connectivity index (χ0v) is 20.8. The number of fused-ring (bicyclic) bond motifs is 2. The maximum absolute atomic E-state index is 12.9. The molecule has 35 heavy (non-hydrogen) atoms. The molecule has 3 atom stereocenters. The third kappa shape index (κ3) is 5.28. The summed E-state index contributed by atoms with van der Waals surface area (Å²) >= 11 is 0. The predicted octanol–water partition coefficient (Wildman–Crippen LogP) is 1.93. The van der Waals surface area contributed by atoms with Crippen LogP contribution in [0.4, 0.5) is 5.82 Å². The van der Waals surface area contributed by atoms with Crippen LogP contribution in [0, 0.1) is 5.92 Å². The van der Waals surface area contributed by atoms with E-state index in [-0.39, 0.29) is 23.9 Å². The monoisotopic (exact) mass is 479 g/mol. The first kappa shape index (κ1) is 24.0. The van der Waals surface area contributed by atoms with E-state index in [1.165, 1.54) is 4.57 Å². The number of aliphatic hydroxyl groups is 1. The SMILES string of the molecule is CC(CC(=O)N1CCC(O)(Cn2cnc(N3C[C@H]4C[C@@H]3CN(C)C4)cc2=O)CC1)c1ccccc1. The van der Waals surface area contributed by atoms with Crippen LogP contribution in [0.1, 0.15) is 44.1 Å². The Morgan fingerprint density at radius 3 is 2.63 bits per heavy atom. The predicted molar refractivity (Wildman–Crippen MR) is 135 cm³/mol. The first-order chi connectivity index (χ1) is 16.8. The van der Waals surface area contributed by atoms with Crippen molar-refractivity contribution in [2.45, 2.75) is 56.7 Å². The van der Waals surface area contributed by atoms with Crippen molar-refractivity contribution >= 4 is 11.7 Å². The van der Waals surface area contributed by atoms with Crippen LogP contribution in [-0.2, 0) is 11.3 Å². The molecule has 3 aliphatic rings. The van der Waals surface area contributed by atoms with E-state index in [1.54, 1.807) is 12.4 Å². The number of nitrogens with zero attached hydrogens (tertiary/aromatic N) is 5. The van der Waals surface area contributed by atoms with Gasteiger partial charge in [-0.2, -0.15) is 0 Å². The zero-order valence-electron chi connectivity index (χ0n) is 20.8. The quantitative estimate of drug-likeness (QED) is 0.682. The number of anilines is 1. The van der Waals surface area contributed by atoms with Crippen molar-refractivity contribution < 1.29 is 9.90 Å². The normalized spacial score (nSPS) is 25.0. The molecular weight excluding hydrogens is 442 g/mol. The summed E-state index contributed by atoms with van der Waals surface area (Å²) in [5.74, 6) is 1.65. The number of piperidine rings is 2. The Hall–Kier alpha value is -2.71. The van der Waals surface area contributed by atoms with Gasteiger partial charge in [0.2, 0.25) is 5.91 Å². The Bertz CT molecular complexity index is 1100. The molecule has 2 aromatic rings. The van der Waals surface area contributed by atoms with E-state index in [9.17, 15) is 14.7 Å². The second kappa shape index (κ2) is 9.74. The highest BCUT2D eigenvalue weighted by Gasteiger charge is 2.38. The van der Waals surface area contributed by atoms with Crippen molar-refractivity contribution in [2.75, 3.05) is 44.7 Å². The molecule has 1 N–H and O–H groups in total. The summed E-state index contributed by atoms with van der Waals surface area (Å²) in [5.41, 5.74) is 0.0180. The lowest BCUT2D eigenvalue weighted by Gasteiger charge is -2.38. The molecular formula is C27H37N5O3. The topological polar surface area (TPSA) is 81.9 Å². The number of rotatable bonds is 6. The smallest absolute Gasteiger partial charge is 0.255 e. The maximum Gasteiger partial charge on any atom is 0.255 e. The van der Waals surface area contributed by atoms with Gasteiger partial charge in [0.1, 0.15) is 5.82 Å². The Labute approximate surface area is 207 Å². The lowest BCUT2D eigenvalue weighted by atomic mass is 9.90. The molecule has 0 spiro atoms. The van der Waals surface area contributed by atoms with Crippen LogP contribution in [0.2, 0.25) is 0 Å². The molecule has 5 rings (SSSR count). The molecule has 1 aromatic carbocycles. The molecule has 4 heterocycles. The van der Waals surface area contributed by atoms with Gasteiger partial charge in [-0.25, -0.2) is 4.98 Å². The summed E-state index contributed by atoms with van der Waals surface area (Å²) in [6, 6.07) is 12.1. The van der Waals surface area contributed by atoms with Crippen molar-refractivity contribution in [2.24, 2.45) is 5.92 Å². The fraction of sp³-hybridized carbons (Fsp3) is 0.593. The second-order valence-corrected chi connectivity index (χ2v) is 11.0. The van der Waals surface area contributed by atoms with Crippen molar-refractivity contribution in [3.8, 4) is 0 Å². The molecule has 1 aromatic heterocycles. The van der Waals surface area contributed by atoms with Crippen molar-refractivity contribution in [1.82, 2.24) is 19.4 Å². The third-order valence-corrected chi connectivity index (χ3v) is 8.11. The van der Waals surface area contributed by atoms with Crippen molar-refractivity contribution in [1.29, 1.82) is 0 Å². The molecule has 0 saturated carbocycles. The van der Waals surface area contributed by atoms with E-state index < -0.39 is 5.60 Å². The van der Waals surface area contributed by atoms with Crippen LogP contribution in [0.25, 0.3) is 0 Å². The van der Waals surface area contributed by atoms with Crippen molar-refractivity contribution in [3.05, 3.63) is 58.6 Å². The van der Waals surface area contributed by atoms with Crippen LogP contribution >= 0.6 is 0 Å². The second-order valence-electron chi connectivity index (χ2n) is 11.0. The number of benzene rings is 1. The molecule has 0 aliphatic carbocycles. The average molecular weight is 480 g/mol. The van der Waals surface area contributed by atoms with E-state index in [0.717, 1.165) is 37.4 Å². The summed E-state index contributed by atoms with van der Waals surface area (Å²) in [7, 11) is 2.15. The van der Waals surface area contributed by atoms with Crippen LogP contribution in [0.15, 0.2) is 47.5 Å². The Morgan fingerprint density at radius 2 is 1.91 bits per heavy atom. The van der Waals surface area contributed by atoms with E-state index in [1.807, 2.05) is 23.1 Å². The first-order valence-corrected chi connectivity index (χ1v) is 12.9. The molecule has 3 saturated heterocycles. The van der Waals surface area contributed by atoms with Crippen LogP contribution in [0.5, 0.6) is 0 Å². The lowest BCUT2D eigenvalue weighted by Crippen LogP contribution is -2.49. The van der Waals surface area contributed by atoms with Crippen LogP contribution in [-0.4, -0.2) is 81.8 Å². The fourth-order valence-electron chi connectivity index (χ4n) is 6.11. The number of likely N-dealkylation sites (tertiary alicyclic amines) is 2. The highest BCUT2D eigenvalue weighted by atomic mass is 16.3. The van der Waals surface area contributed by atoms with Gasteiger partial charge in [-0.1, -0.05) is 37.3 Å². The van der Waals surface area contributed by atoms with Crippen LogP contribution in [0.3, 0.4) is 0 Å². The molecule has 1 unspecified atom stereocenters. The average Bonchev–Trinajstić information content (AvgIpc) is 3.15. The first-order valence-electron chi connectivity index (χ1n) is 12.9. The molecule has 1 amide bonds. The fourth-order valence-corrected chi connectivity index (χ4v) is 6.11. The molecule has 0 radical (unpaired) electrons. The molecule has 3 aliphatic heterocycles. The Morgan fingerprint density at radius 1 is 1.17 bits per heavy atom. The van der Waals surface area contributed by atoms with Gasteiger partial charge in [-0.05, 0) is 43.7 Å². The molecule has 2 bridgehead atoms. The van der Waals surface area contributed by atoms with Crippen LogP contribution < -0.4 is 10.5 Å².